The zero-order valence-electron chi connectivity index (χ0n) is 18.4. The van der Waals surface area contributed by atoms with Crippen molar-refractivity contribution in [2.75, 3.05) is 5.43 Å². The van der Waals surface area contributed by atoms with Crippen LogP contribution in [-0.4, -0.2) is 30.2 Å². The highest BCUT2D eigenvalue weighted by Crippen LogP contribution is 2.33. The number of nitrogens with zero attached hydrogens (tertiary/aromatic N) is 5. The van der Waals surface area contributed by atoms with E-state index in [1.807, 2.05) is 6.92 Å². The van der Waals surface area contributed by atoms with Crippen LogP contribution in [0.25, 0.3) is 26.4 Å². The smallest absolute Gasteiger partial charge is 0.267 e. The van der Waals surface area contributed by atoms with Crippen LogP contribution in [0.15, 0.2) is 40.5 Å². The summed E-state index contributed by atoms with van der Waals surface area (Å²) in [5.41, 5.74) is 0.522. The van der Waals surface area contributed by atoms with Gasteiger partial charge in [0.1, 0.15) is 10.7 Å². The summed E-state index contributed by atoms with van der Waals surface area (Å²) < 4.78 is 42.9. The van der Waals surface area contributed by atoms with E-state index in [1.54, 1.807) is 30.5 Å². The fourth-order valence-electron chi connectivity index (χ4n) is 3.63. The van der Waals surface area contributed by atoms with Gasteiger partial charge in [0.2, 0.25) is 0 Å². The number of amides is 1. The van der Waals surface area contributed by atoms with Crippen LogP contribution in [0.1, 0.15) is 40.2 Å². The molecule has 5 aromatic heterocycles. The van der Waals surface area contributed by atoms with Gasteiger partial charge in [-0.2, -0.15) is 18.3 Å². The summed E-state index contributed by atoms with van der Waals surface area (Å²) in [6.07, 6.45) is -3.02. The molecule has 0 aliphatic heterocycles. The maximum Gasteiger partial charge on any atom is 0.433 e. The zero-order valence-corrected chi connectivity index (χ0v) is 20.0. The Hall–Kier alpha value is -3.58. The summed E-state index contributed by atoms with van der Waals surface area (Å²) in [5.74, 6) is -0.629. The molecular formula is C22H17F3N6O2S2. The summed E-state index contributed by atoms with van der Waals surface area (Å²) in [5, 5.41) is 5.93. The molecule has 8 nitrogen and oxygen atoms in total. The fourth-order valence-corrected chi connectivity index (χ4v) is 5.48. The summed E-state index contributed by atoms with van der Waals surface area (Å²) in [4.78, 5) is 36.7. The van der Waals surface area contributed by atoms with Crippen molar-refractivity contribution in [2.45, 2.75) is 32.9 Å². The van der Waals surface area contributed by atoms with E-state index in [0.29, 0.717) is 19.6 Å². The Bertz CT molecular complexity index is 1630. The molecule has 0 fully saturated rings. The van der Waals surface area contributed by atoms with E-state index in [-0.39, 0.29) is 22.9 Å². The van der Waals surface area contributed by atoms with Crippen molar-refractivity contribution < 1.29 is 18.0 Å². The van der Waals surface area contributed by atoms with Crippen molar-refractivity contribution in [2.24, 2.45) is 0 Å². The number of rotatable bonds is 5. The molecule has 5 heterocycles. The maximum absolute atomic E-state index is 13.8. The molecule has 5 rings (SSSR count). The van der Waals surface area contributed by atoms with Crippen LogP contribution in [0, 0.1) is 6.92 Å². The summed E-state index contributed by atoms with van der Waals surface area (Å²) >= 11 is 2.66. The standard InChI is InChI=1S/C22H17F3N6O2S2/c1-3-5-12-8-13-20(35-12)26-11(2)30(21(13)33)29-19(32)15-10-18-27-14(16-6-4-7-34-16)9-17(22(23,24)25)31(18)28-15/h4,6-10H,3,5H2,1-2H3,(H,29,32). The van der Waals surface area contributed by atoms with E-state index in [0.717, 1.165) is 34.5 Å². The number of carbonyl (C=O) groups excluding carboxylic acids is 1. The lowest BCUT2D eigenvalue weighted by molar-refractivity contribution is -0.142. The number of aromatic nitrogens is 5. The number of hydrogen-bond donors (Lipinski definition) is 1. The van der Waals surface area contributed by atoms with Gasteiger partial charge < -0.3 is 0 Å². The lowest BCUT2D eigenvalue weighted by Crippen LogP contribution is -2.35. The van der Waals surface area contributed by atoms with Gasteiger partial charge in [-0.1, -0.05) is 19.4 Å². The maximum atomic E-state index is 13.8. The van der Waals surface area contributed by atoms with Gasteiger partial charge in [0, 0.05) is 10.9 Å². The first-order chi connectivity index (χ1) is 16.7. The molecule has 1 amide bonds. The van der Waals surface area contributed by atoms with Gasteiger partial charge in [-0.15, -0.1) is 22.7 Å². The van der Waals surface area contributed by atoms with Crippen molar-refractivity contribution in [3.05, 3.63) is 68.2 Å². The van der Waals surface area contributed by atoms with Crippen LogP contribution in [0.3, 0.4) is 0 Å². The van der Waals surface area contributed by atoms with Crippen LogP contribution >= 0.6 is 22.7 Å². The van der Waals surface area contributed by atoms with Gasteiger partial charge in [-0.05, 0) is 36.9 Å². The first kappa shape index (κ1) is 23.2. The average Bonchev–Trinajstić information content (AvgIpc) is 3.54. The van der Waals surface area contributed by atoms with Crippen LogP contribution in [0.5, 0.6) is 0 Å². The second-order valence-electron chi connectivity index (χ2n) is 7.72. The van der Waals surface area contributed by atoms with Gasteiger partial charge in [0.25, 0.3) is 11.5 Å². The van der Waals surface area contributed by atoms with Crippen LogP contribution < -0.4 is 11.0 Å². The Labute approximate surface area is 203 Å². The molecule has 13 heteroatoms. The predicted octanol–water partition coefficient (Wildman–Crippen LogP) is 4.89. The second kappa shape index (κ2) is 8.57. The first-order valence-corrected chi connectivity index (χ1v) is 12.2. The van der Waals surface area contributed by atoms with Crippen LogP contribution in [0.2, 0.25) is 0 Å². The summed E-state index contributed by atoms with van der Waals surface area (Å²) in [6.45, 7) is 3.58. The van der Waals surface area contributed by atoms with E-state index in [1.165, 1.54) is 22.7 Å². The average molecular weight is 519 g/mol. The highest BCUT2D eigenvalue weighted by atomic mass is 32.1. The van der Waals surface area contributed by atoms with Crippen LogP contribution in [-0.2, 0) is 12.6 Å². The molecule has 0 unspecified atom stereocenters. The summed E-state index contributed by atoms with van der Waals surface area (Å²) in [6, 6.07) is 7.15. The lowest BCUT2D eigenvalue weighted by atomic mass is 10.2. The van der Waals surface area contributed by atoms with Crippen molar-refractivity contribution in [1.29, 1.82) is 0 Å². The third-order valence-corrected chi connectivity index (χ3v) is 7.20. The molecule has 1 N–H and O–H groups in total. The molecule has 0 saturated carbocycles. The fraction of sp³-hybridized carbons (Fsp3) is 0.227. The normalized spacial score (nSPS) is 12.0. The highest BCUT2D eigenvalue weighted by Gasteiger charge is 2.36. The SMILES string of the molecule is CCCc1cc2c(=O)n(NC(=O)c3cc4nc(-c5cccs5)cc(C(F)(F)F)n4n3)c(C)nc2s1. The molecular weight excluding hydrogens is 501 g/mol. The molecule has 180 valence electrons. The third-order valence-electron chi connectivity index (χ3n) is 5.22. The Morgan fingerprint density at radius 1 is 1.20 bits per heavy atom. The van der Waals surface area contributed by atoms with Gasteiger partial charge in [0.15, 0.2) is 17.0 Å². The molecule has 0 aliphatic carbocycles. The Balaban J connectivity index is 1.55. The molecule has 0 radical (unpaired) electrons. The summed E-state index contributed by atoms with van der Waals surface area (Å²) in [7, 11) is 0. The highest BCUT2D eigenvalue weighted by molar-refractivity contribution is 7.18. The minimum Gasteiger partial charge on any atom is -0.267 e. The molecule has 5 aromatic rings. The second-order valence-corrected chi connectivity index (χ2v) is 9.79. The number of fused-ring (bicyclic) bond motifs is 2. The lowest BCUT2D eigenvalue weighted by Gasteiger charge is -2.10. The molecule has 0 atom stereocenters. The van der Waals surface area contributed by atoms with E-state index in [2.05, 4.69) is 20.5 Å². The minimum absolute atomic E-state index is 0.119. The van der Waals surface area contributed by atoms with Gasteiger partial charge >= 0.3 is 6.18 Å². The number of aryl methyl sites for hydroxylation is 2. The molecule has 0 aromatic carbocycles. The third kappa shape index (κ3) is 4.21. The Kier molecular flexibility index (Phi) is 5.68. The van der Waals surface area contributed by atoms with Gasteiger partial charge in [-0.25, -0.2) is 19.2 Å². The minimum atomic E-state index is -4.73. The molecule has 0 saturated heterocycles. The predicted molar refractivity (Wildman–Crippen MR) is 128 cm³/mol. The number of alkyl halides is 3. The van der Waals surface area contributed by atoms with E-state index in [4.69, 9.17) is 0 Å². The van der Waals surface area contributed by atoms with Crippen LogP contribution in [0.4, 0.5) is 13.2 Å². The molecule has 0 spiro atoms. The van der Waals surface area contributed by atoms with Crippen molar-refractivity contribution in [3.8, 4) is 10.6 Å². The topological polar surface area (TPSA) is 94.2 Å². The Morgan fingerprint density at radius 3 is 2.69 bits per heavy atom. The molecule has 0 aliphatic rings. The monoisotopic (exact) mass is 518 g/mol. The number of nitrogens with one attached hydrogen (secondary N) is 1. The molecule has 0 bridgehead atoms. The van der Waals surface area contributed by atoms with E-state index in [9.17, 15) is 22.8 Å². The number of hydrogen-bond acceptors (Lipinski definition) is 7. The Morgan fingerprint density at radius 2 is 2.00 bits per heavy atom. The van der Waals surface area contributed by atoms with Gasteiger partial charge in [-0.3, -0.25) is 15.0 Å². The molecule has 35 heavy (non-hydrogen) atoms. The van der Waals surface area contributed by atoms with Crippen molar-refractivity contribution >= 4 is 44.4 Å². The van der Waals surface area contributed by atoms with Crippen molar-refractivity contribution in [3.63, 3.8) is 0 Å². The quantitative estimate of drug-likeness (QED) is 0.358. The number of halogens is 3. The zero-order chi connectivity index (χ0) is 24.9. The number of carbonyl (C=O) groups is 1. The largest absolute Gasteiger partial charge is 0.433 e. The van der Waals surface area contributed by atoms with E-state index >= 15 is 0 Å². The first-order valence-electron chi connectivity index (χ1n) is 10.5. The number of thiophene rings is 2. The van der Waals surface area contributed by atoms with Gasteiger partial charge in [0.05, 0.1) is 16.0 Å². The van der Waals surface area contributed by atoms with Crippen molar-refractivity contribution in [1.82, 2.24) is 24.3 Å². The van der Waals surface area contributed by atoms with E-state index < -0.39 is 23.3 Å².